The lowest BCUT2D eigenvalue weighted by molar-refractivity contribution is -0.119. The number of hydrogen-bond acceptors (Lipinski definition) is 5. The summed E-state index contributed by atoms with van der Waals surface area (Å²) in [5, 5.41) is 2.76. The lowest BCUT2D eigenvalue weighted by Gasteiger charge is -2.15. The van der Waals surface area contributed by atoms with Gasteiger partial charge < -0.3 is 10.1 Å². The Labute approximate surface area is 159 Å². The molecule has 0 aliphatic carbocycles. The maximum Gasteiger partial charge on any atom is 0.338 e. The molecule has 0 spiro atoms. The van der Waals surface area contributed by atoms with Gasteiger partial charge in [0.05, 0.1) is 10.5 Å². The maximum atomic E-state index is 12.2. The minimum absolute atomic E-state index is 0.0175. The molecule has 27 heavy (non-hydrogen) atoms. The maximum absolute atomic E-state index is 12.2. The van der Waals surface area contributed by atoms with Gasteiger partial charge in [-0.1, -0.05) is 38.1 Å². The highest BCUT2D eigenvalue weighted by Crippen LogP contribution is 2.26. The number of benzene rings is 2. The lowest BCUT2D eigenvalue weighted by atomic mass is 9.97. The first-order valence-electron chi connectivity index (χ1n) is 8.58. The van der Waals surface area contributed by atoms with Gasteiger partial charge in [0.2, 0.25) is 0 Å². The fourth-order valence-electron chi connectivity index (χ4n) is 2.51. The van der Waals surface area contributed by atoms with Crippen molar-refractivity contribution in [3.63, 3.8) is 0 Å². The summed E-state index contributed by atoms with van der Waals surface area (Å²) in [6, 6.07) is 13.0. The second-order valence-corrected chi connectivity index (χ2v) is 8.34. The number of amides is 1. The number of hydrogen-bond donors (Lipinski definition) is 1. The van der Waals surface area contributed by atoms with Gasteiger partial charge in [0.25, 0.3) is 5.91 Å². The van der Waals surface area contributed by atoms with E-state index in [9.17, 15) is 18.0 Å². The molecule has 0 heterocycles. The Kier molecular flexibility index (Phi) is 6.74. The van der Waals surface area contributed by atoms with Crippen molar-refractivity contribution < 1.29 is 22.7 Å². The smallest absolute Gasteiger partial charge is 0.338 e. The molecule has 0 saturated carbocycles. The molecule has 0 unspecified atom stereocenters. The molecule has 144 valence electrons. The zero-order chi connectivity index (χ0) is 20.0. The molecule has 0 aliphatic rings. The monoisotopic (exact) mass is 389 g/mol. The van der Waals surface area contributed by atoms with E-state index in [4.69, 9.17) is 4.74 Å². The van der Waals surface area contributed by atoms with Crippen molar-refractivity contribution in [3.8, 4) is 0 Å². The first-order chi connectivity index (χ1) is 12.7. The molecule has 0 bridgehead atoms. The van der Waals surface area contributed by atoms with E-state index in [-0.39, 0.29) is 16.4 Å². The molecule has 0 aliphatic heterocycles. The van der Waals surface area contributed by atoms with Crippen molar-refractivity contribution in [1.29, 1.82) is 0 Å². The van der Waals surface area contributed by atoms with Gasteiger partial charge >= 0.3 is 5.97 Å². The standard InChI is InChI=1S/C20H23NO5S/c1-4-14(2)17-10-5-6-11-18(17)21-19(22)13-26-20(23)15-8-7-9-16(12-15)27(3,24)25/h5-12,14H,4,13H2,1-3H3,(H,21,22)/t14-/m0/s1. The van der Waals surface area contributed by atoms with Crippen LogP contribution in [0.2, 0.25) is 0 Å². The van der Waals surface area contributed by atoms with E-state index in [1.165, 1.54) is 24.3 Å². The minimum Gasteiger partial charge on any atom is -0.452 e. The number of sulfone groups is 1. The molecule has 2 aromatic carbocycles. The van der Waals surface area contributed by atoms with Crippen LogP contribution in [-0.4, -0.2) is 33.2 Å². The van der Waals surface area contributed by atoms with Gasteiger partial charge in [-0.25, -0.2) is 13.2 Å². The van der Waals surface area contributed by atoms with Gasteiger partial charge in [-0.15, -0.1) is 0 Å². The summed E-state index contributed by atoms with van der Waals surface area (Å²) in [5.74, 6) is -0.938. The average Bonchev–Trinajstić information content (AvgIpc) is 2.65. The van der Waals surface area contributed by atoms with Crippen LogP contribution in [0, 0.1) is 0 Å². The molecule has 2 aromatic rings. The number of para-hydroxylation sites is 1. The van der Waals surface area contributed by atoms with Crippen LogP contribution in [-0.2, 0) is 19.4 Å². The van der Waals surface area contributed by atoms with E-state index in [1.807, 2.05) is 18.2 Å². The average molecular weight is 389 g/mol. The molecular weight excluding hydrogens is 366 g/mol. The van der Waals surface area contributed by atoms with Gasteiger partial charge in [-0.05, 0) is 42.2 Å². The topological polar surface area (TPSA) is 89.5 Å². The largest absolute Gasteiger partial charge is 0.452 e. The van der Waals surface area contributed by atoms with E-state index in [0.29, 0.717) is 5.69 Å². The summed E-state index contributed by atoms with van der Waals surface area (Å²) >= 11 is 0. The van der Waals surface area contributed by atoms with Crippen LogP contribution >= 0.6 is 0 Å². The summed E-state index contributed by atoms with van der Waals surface area (Å²) in [5.41, 5.74) is 1.78. The number of anilines is 1. The van der Waals surface area contributed by atoms with Gasteiger partial charge in [0.1, 0.15) is 0 Å². The van der Waals surface area contributed by atoms with E-state index < -0.39 is 28.3 Å². The normalized spacial score (nSPS) is 12.3. The van der Waals surface area contributed by atoms with Gasteiger partial charge in [0.15, 0.2) is 16.4 Å². The second kappa shape index (κ2) is 8.81. The summed E-state index contributed by atoms with van der Waals surface area (Å²) in [7, 11) is -3.43. The summed E-state index contributed by atoms with van der Waals surface area (Å²) < 4.78 is 28.2. The molecule has 0 fully saturated rings. The van der Waals surface area contributed by atoms with Crippen molar-refractivity contribution in [2.45, 2.75) is 31.1 Å². The van der Waals surface area contributed by atoms with Gasteiger partial charge in [0, 0.05) is 11.9 Å². The first kappa shape index (κ1) is 20.6. The molecule has 1 atom stereocenters. The number of carbonyl (C=O) groups excluding carboxylic acids is 2. The van der Waals surface area contributed by atoms with Crippen LogP contribution in [0.5, 0.6) is 0 Å². The van der Waals surface area contributed by atoms with Crippen LogP contribution in [0.25, 0.3) is 0 Å². The van der Waals surface area contributed by atoms with Gasteiger partial charge in [-0.3, -0.25) is 4.79 Å². The van der Waals surface area contributed by atoms with E-state index in [0.717, 1.165) is 18.2 Å². The first-order valence-corrected chi connectivity index (χ1v) is 10.5. The zero-order valence-corrected chi connectivity index (χ0v) is 16.4. The minimum atomic E-state index is -3.43. The van der Waals surface area contributed by atoms with Crippen LogP contribution in [0.1, 0.15) is 42.1 Å². The number of ether oxygens (including phenoxy) is 1. The third-order valence-corrected chi connectivity index (χ3v) is 5.32. The van der Waals surface area contributed by atoms with E-state index in [2.05, 4.69) is 19.2 Å². The fraction of sp³-hybridized carbons (Fsp3) is 0.300. The van der Waals surface area contributed by atoms with Crippen molar-refractivity contribution in [2.75, 3.05) is 18.2 Å². The third kappa shape index (κ3) is 5.65. The van der Waals surface area contributed by atoms with Crippen molar-refractivity contribution in [2.24, 2.45) is 0 Å². The molecule has 7 heteroatoms. The fourth-order valence-corrected chi connectivity index (χ4v) is 3.18. The van der Waals surface area contributed by atoms with Crippen molar-refractivity contribution in [3.05, 3.63) is 59.7 Å². The number of carbonyl (C=O) groups is 2. The summed E-state index contributed by atoms with van der Waals surface area (Å²) in [6.07, 6.45) is 1.98. The number of esters is 1. The molecule has 0 saturated heterocycles. The van der Waals surface area contributed by atoms with Crippen molar-refractivity contribution >= 4 is 27.4 Å². The van der Waals surface area contributed by atoms with Crippen molar-refractivity contribution in [1.82, 2.24) is 0 Å². The van der Waals surface area contributed by atoms with Crippen LogP contribution in [0.4, 0.5) is 5.69 Å². The predicted octanol–water partition coefficient (Wildman–Crippen LogP) is 3.40. The Morgan fingerprint density at radius 2 is 1.81 bits per heavy atom. The Hall–Kier alpha value is -2.67. The summed E-state index contributed by atoms with van der Waals surface area (Å²) in [4.78, 5) is 24.3. The Morgan fingerprint density at radius 3 is 2.48 bits per heavy atom. The SMILES string of the molecule is CC[C@H](C)c1ccccc1NC(=O)COC(=O)c1cccc(S(C)(=O)=O)c1. The molecular formula is C20H23NO5S. The predicted molar refractivity (Wildman–Crippen MR) is 104 cm³/mol. The number of rotatable bonds is 7. The highest BCUT2D eigenvalue weighted by Gasteiger charge is 2.15. The third-order valence-electron chi connectivity index (χ3n) is 4.21. The molecule has 0 radical (unpaired) electrons. The molecule has 1 amide bonds. The summed E-state index contributed by atoms with van der Waals surface area (Å²) in [6.45, 7) is 3.67. The van der Waals surface area contributed by atoms with E-state index in [1.54, 1.807) is 6.07 Å². The molecule has 0 aromatic heterocycles. The van der Waals surface area contributed by atoms with Crippen LogP contribution in [0.15, 0.2) is 53.4 Å². The van der Waals surface area contributed by atoms with Gasteiger partial charge in [-0.2, -0.15) is 0 Å². The molecule has 1 N–H and O–H groups in total. The molecule has 6 nitrogen and oxygen atoms in total. The Bertz CT molecular complexity index is 937. The Morgan fingerprint density at radius 1 is 1.11 bits per heavy atom. The van der Waals surface area contributed by atoms with Crippen LogP contribution < -0.4 is 5.32 Å². The highest BCUT2D eigenvalue weighted by molar-refractivity contribution is 7.90. The highest BCUT2D eigenvalue weighted by atomic mass is 32.2. The number of nitrogens with one attached hydrogen (secondary N) is 1. The lowest BCUT2D eigenvalue weighted by Crippen LogP contribution is -2.22. The Balaban J connectivity index is 2.01. The van der Waals surface area contributed by atoms with E-state index >= 15 is 0 Å². The second-order valence-electron chi connectivity index (χ2n) is 6.32. The quantitative estimate of drug-likeness (QED) is 0.733. The van der Waals surface area contributed by atoms with Crippen LogP contribution in [0.3, 0.4) is 0 Å². The zero-order valence-electron chi connectivity index (χ0n) is 15.6. The molecule has 2 rings (SSSR count).